The van der Waals surface area contributed by atoms with Crippen molar-refractivity contribution < 1.29 is 23.4 Å². The molecule has 4 unspecified atom stereocenters. The minimum atomic E-state index is -3.08. The molecule has 104 valence electrons. The Balaban J connectivity index is 2.16. The summed E-state index contributed by atoms with van der Waals surface area (Å²) in [6.45, 7) is 0. The van der Waals surface area contributed by atoms with Gasteiger partial charge in [-0.3, -0.25) is 4.79 Å². The van der Waals surface area contributed by atoms with Gasteiger partial charge >= 0.3 is 5.97 Å². The van der Waals surface area contributed by atoms with E-state index in [0.717, 1.165) is 12.8 Å². The number of carbonyl (C=O) groups is 1. The zero-order chi connectivity index (χ0) is 13.3. The van der Waals surface area contributed by atoms with Crippen molar-refractivity contribution in [3.63, 3.8) is 0 Å². The van der Waals surface area contributed by atoms with Crippen LogP contribution in [0.15, 0.2) is 0 Å². The van der Waals surface area contributed by atoms with E-state index >= 15 is 0 Å². The van der Waals surface area contributed by atoms with Crippen molar-refractivity contribution in [2.75, 3.05) is 11.5 Å². The van der Waals surface area contributed by atoms with Gasteiger partial charge in [0.15, 0.2) is 9.84 Å². The van der Waals surface area contributed by atoms with Gasteiger partial charge in [-0.25, -0.2) is 8.42 Å². The van der Waals surface area contributed by atoms with Crippen molar-refractivity contribution >= 4 is 15.8 Å². The smallest absolute Gasteiger partial charge is 0.307 e. The molecular formula is C12H20O5S. The van der Waals surface area contributed by atoms with E-state index in [4.69, 9.17) is 0 Å². The molecule has 2 fully saturated rings. The van der Waals surface area contributed by atoms with E-state index in [1.807, 2.05) is 0 Å². The first kappa shape index (κ1) is 13.8. The number of carboxylic acid groups (broad SMARTS) is 1. The SMILES string of the molecule is O=C(O)C(C1CCS(=O)(=O)C1)C1CCCCC1O. The highest BCUT2D eigenvalue weighted by Crippen LogP contribution is 2.38. The van der Waals surface area contributed by atoms with Gasteiger partial charge in [0.1, 0.15) is 0 Å². The summed E-state index contributed by atoms with van der Waals surface area (Å²) in [5, 5.41) is 19.3. The lowest BCUT2D eigenvalue weighted by Crippen LogP contribution is -2.39. The maximum absolute atomic E-state index is 11.5. The highest BCUT2D eigenvalue weighted by molar-refractivity contribution is 7.91. The summed E-state index contributed by atoms with van der Waals surface area (Å²) in [6.07, 6.45) is 2.99. The number of carboxylic acids is 1. The fourth-order valence-corrected chi connectivity index (χ4v) is 5.26. The number of aliphatic hydroxyl groups excluding tert-OH is 1. The predicted molar refractivity (Wildman–Crippen MR) is 65.9 cm³/mol. The van der Waals surface area contributed by atoms with E-state index in [2.05, 4.69) is 0 Å². The Bertz CT molecular complexity index is 416. The molecule has 6 heteroatoms. The molecule has 4 atom stereocenters. The van der Waals surface area contributed by atoms with Gasteiger partial charge in [0.2, 0.25) is 0 Å². The molecule has 0 aromatic carbocycles. The van der Waals surface area contributed by atoms with Crippen LogP contribution in [0.25, 0.3) is 0 Å². The van der Waals surface area contributed by atoms with E-state index in [-0.39, 0.29) is 23.3 Å². The zero-order valence-electron chi connectivity index (χ0n) is 10.3. The van der Waals surface area contributed by atoms with Crippen molar-refractivity contribution in [1.29, 1.82) is 0 Å². The van der Waals surface area contributed by atoms with Crippen LogP contribution < -0.4 is 0 Å². The lowest BCUT2D eigenvalue weighted by molar-refractivity contribution is -0.149. The summed E-state index contributed by atoms with van der Waals surface area (Å²) in [4.78, 5) is 11.4. The van der Waals surface area contributed by atoms with Gasteiger partial charge < -0.3 is 10.2 Å². The van der Waals surface area contributed by atoms with Crippen molar-refractivity contribution in [1.82, 2.24) is 0 Å². The fraction of sp³-hybridized carbons (Fsp3) is 0.917. The Labute approximate surface area is 107 Å². The number of rotatable bonds is 3. The van der Waals surface area contributed by atoms with Crippen molar-refractivity contribution in [3.8, 4) is 0 Å². The maximum Gasteiger partial charge on any atom is 0.307 e. The Morgan fingerprint density at radius 3 is 2.33 bits per heavy atom. The fourth-order valence-electron chi connectivity index (χ4n) is 3.40. The molecule has 1 aliphatic heterocycles. The summed E-state index contributed by atoms with van der Waals surface area (Å²) in [7, 11) is -3.08. The maximum atomic E-state index is 11.5. The van der Waals surface area contributed by atoms with Crippen LogP contribution in [-0.2, 0) is 14.6 Å². The van der Waals surface area contributed by atoms with Gasteiger partial charge in [-0.05, 0) is 31.1 Å². The van der Waals surface area contributed by atoms with Gasteiger partial charge in [0, 0.05) is 0 Å². The molecule has 18 heavy (non-hydrogen) atoms. The summed E-state index contributed by atoms with van der Waals surface area (Å²) < 4.78 is 23.0. The molecule has 0 bridgehead atoms. The lowest BCUT2D eigenvalue weighted by Gasteiger charge is -2.34. The van der Waals surface area contributed by atoms with Crippen LogP contribution in [0.1, 0.15) is 32.1 Å². The average molecular weight is 276 g/mol. The molecule has 2 aliphatic rings. The summed E-state index contributed by atoms with van der Waals surface area (Å²) in [5.41, 5.74) is 0. The molecule has 0 aromatic heterocycles. The van der Waals surface area contributed by atoms with Crippen molar-refractivity contribution in [2.24, 2.45) is 17.8 Å². The molecule has 0 radical (unpaired) electrons. The van der Waals surface area contributed by atoms with E-state index in [0.29, 0.717) is 19.3 Å². The third-order valence-corrected chi connectivity index (χ3v) is 6.10. The summed E-state index contributed by atoms with van der Waals surface area (Å²) >= 11 is 0. The Kier molecular flexibility index (Phi) is 3.96. The van der Waals surface area contributed by atoms with E-state index in [9.17, 15) is 23.4 Å². The second-order valence-electron chi connectivity index (χ2n) is 5.54. The van der Waals surface area contributed by atoms with Crippen LogP contribution in [-0.4, -0.2) is 42.2 Å². The molecule has 0 spiro atoms. The molecule has 0 aromatic rings. The predicted octanol–water partition coefficient (Wildman–Crippen LogP) is 0.673. The monoisotopic (exact) mass is 276 g/mol. The largest absolute Gasteiger partial charge is 0.481 e. The third-order valence-electron chi connectivity index (χ3n) is 4.30. The number of hydrogen-bond donors (Lipinski definition) is 2. The quantitative estimate of drug-likeness (QED) is 0.790. The minimum absolute atomic E-state index is 0.0345. The van der Waals surface area contributed by atoms with E-state index in [1.165, 1.54) is 0 Å². The Morgan fingerprint density at radius 2 is 1.83 bits per heavy atom. The number of sulfone groups is 1. The number of aliphatic carboxylic acids is 1. The van der Waals surface area contributed by atoms with E-state index < -0.39 is 27.8 Å². The Morgan fingerprint density at radius 1 is 1.17 bits per heavy atom. The first-order chi connectivity index (χ1) is 8.41. The van der Waals surface area contributed by atoms with Gasteiger partial charge in [-0.1, -0.05) is 12.8 Å². The van der Waals surface area contributed by atoms with Crippen LogP contribution in [0.3, 0.4) is 0 Å². The Hall–Kier alpha value is -0.620. The van der Waals surface area contributed by atoms with Crippen LogP contribution in [0.2, 0.25) is 0 Å². The summed E-state index contributed by atoms with van der Waals surface area (Å²) in [5.74, 6) is -2.22. The minimum Gasteiger partial charge on any atom is -0.481 e. The number of hydrogen-bond acceptors (Lipinski definition) is 4. The van der Waals surface area contributed by atoms with Crippen molar-refractivity contribution in [3.05, 3.63) is 0 Å². The molecule has 1 saturated heterocycles. The topological polar surface area (TPSA) is 91.7 Å². The highest BCUT2D eigenvalue weighted by atomic mass is 32.2. The van der Waals surface area contributed by atoms with Gasteiger partial charge in [0.25, 0.3) is 0 Å². The second-order valence-corrected chi connectivity index (χ2v) is 7.77. The first-order valence-electron chi connectivity index (χ1n) is 6.52. The third kappa shape index (κ3) is 2.85. The molecule has 2 N–H and O–H groups in total. The van der Waals surface area contributed by atoms with Gasteiger partial charge in [-0.2, -0.15) is 0 Å². The highest BCUT2D eigenvalue weighted by Gasteiger charge is 2.44. The molecule has 1 heterocycles. The summed E-state index contributed by atoms with van der Waals surface area (Å²) in [6, 6.07) is 0. The van der Waals surface area contributed by atoms with Crippen LogP contribution in [0, 0.1) is 17.8 Å². The standard InChI is InChI=1S/C12H20O5S/c13-10-4-2-1-3-9(10)11(12(14)15)8-5-6-18(16,17)7-8/h8-11,13H,1-7H2,(H,14,15). The van der Waals surface area contributed by atoms with Gasteiger partial charge in [-0.15, -0.1) is 0 Å². The molecular weight excluding hydrogens is 256 g/mol. The first-order valence-corrected chi connectivity index (χ1v) is 8.34. The molecule has 2 rings (SSSR count). The molecule has 1 saturated carbocycles. The van der Waals surface area contributed by atoms with Crippen LogP contribution in [0.5, 0.6) is 0 Å². The second kappa shape index (κ2) is 5.17. The van der Waals surface area contributed by atoms with Crippen LogP contribution in [0.4, 0.5) is 0 Å². The van der Waals surface area contributed by atoms with E-state index in [1.54, 1.807) is 0 Å². The van der Waals surface area contributed by atoms with Crippen molar-refractivity contribution in [2.45, 2.75) is 38.2 Å². The van der Waals surface area contributed by atoms with Gasteiger partial charge in [0.05, 0.1) is 23.5 Å². The molecule has 5 nitrogen and oxygen atoms in total. The zero-order valence-corrected chi connectivity index (χ0v) is 11.1. The lowest BCUT2D eigenvalue weighted by atomic mass is 9.72. The normalized spacial score (nSPS) is 37.3. The molecule has 0 amide bonds. The average Bonchev–Trinajstić information content (AvgIpc) is 2.61. The molecule has 1 aliphatic carbocycles. The van der Waals surface area contributed by atoms with Crippen LogP contribution >= 0.6 is 0 Å². The number of aliphatic hydroxyl groups is 1.